The van der Waals surface area contributed by atoms with Gasteiger partial charge in [0, 0.05) is 39.5 Å². The number of amides is 1. The third-order valence-electron chi connectivity index (χ3n) is 5.63. The minimum atomic E-state index is -1.17. The molecule has 1 aliphatic rings. The summed E-state index contributed by atoms with van der Waals surface area (Å²) in [5, 5.41) is 15.9. The molecule has 5 rings (SSSR count). The summed E-state index contributed by atoms with van der Waals surface area (Å²) < 4.78 is 11.4. The summed E-state index contributed by atoms with van der Waals surface area (Å²) in [5.41, 5.74) is 1.59. The van der Waals surface area contributed by atoms with Gasteiger partial charge in [-0.3, -0.25) is 4.79 Å². The predicted molar refractivity (Wildman–Crippen MR) is 131 cm³/mol. The van der Waals surface area contributed by atoms with Gasteiger partial charge in [0.2, 0.25) is 0 Å². The number of hydrogen-bond acceptors (Lipinski definition) is 6. The molecule has 1 aliphatic heterocycles. The molecule has 0 saturated heterocycles. The van der Waals surface area contributed by atoms with E-state index in [0.29, 0.717) is 51.2 Å². The SMILES string of the molecule is O=C(Nc1ccc2cc(Cl)ccc2n1)c1ccc(Oc2cc3c(cc2Cl)C(C(=O)[O-])CCO3)cc1.[Na+]. The summed E-state index contributed by atoms with van der Waals surface area (Å²) >= 11 is 12.3. The fourth-order valence-corrected chi connectivity index (χ4v) is 4.26. The van der Waals surface area contributed by atoms with Gasteiger partial charge >= 0.3 is 29.6 Å². The number of carbonyl (C=O) groups excluding carboxylic acids is 2. The van der Waals surface area contributed by atoms with Gasteiger partial charge in [0.05, 0.1) is 17.1 Å². The van der Waals surface area contributed by atoms with Gasteiger partial charge in [-0.1, -0.05) is 23.2 Å². The third-order valence-corrected chi connectivity index (χ3v) is 6.16. The number of aromatic nitrogens is 1. The van der Waals surface area contributed by atoms with Gasteiger partial charge in [0.25, 0.3) is 5.91 Å². The molecule has 2 heterocycles. The first kappa shape index (κ1) is 26.3. The molecule has 0 saturated carbocycles. The average molecular weight is 531 g/mol. The standard InChI is InChI=1S/C26H18Cl2N2O5.Na/c27-16-4-7-21-15(11-16)3-8-24(29-21)30-25(31)14-1-5-17(6-2-14)35-23-13-22-19(12-20(23)28)18(26(32)33)9-10-34-22;/h1-8,11-13,18H,9-10H2,(H,32,33)(H,29,30,31);/q;+1/p-1. The molecule has 7 nitrogen and oxygen atoms in total. The van der Waals surface area contributed by atoms with E-state index >= 15 is 0 Å². The van der Waals surface area contributed by atoms with Crippen LogP contribution in [-0.4, -0.2) is 23.5 Å². The maximum atomic E-state index is 12.7. The van der Waals surface area contributed by atoms with Crippen LogP contribution in [-0.2, 0) is 4.79 Å². The molecule has 36 heavy (non-hydrogen) atoms. The van der Waals surface area contributed by atoms with Crippen LogP contribution in [0, 0.1) is 0 Å². The van der Waals surface area contributed by atoms with E-state index in [1.54, 1.807) is 54.6 Å². The van der Waals surface area contributed by atoms with Crippen LogP contribution in [0.25, 0.3) is 10.9 Å². The number of carboxylic acid groups (broad SMARTS) is 1. The number of ether oxygens (including phenoxy) is 2. The topological polar surface area (TPSA) is 101 Å². The van der Waals surface area contributed by atoms with E-state index in [9.17, 15) is 14.7 Å². The molecule has 1 N–H and O–H groups in total. The monoisotopic (exact) mass is 530 g/mol. The summed E-state index contributed by atoms with van der Waals surface area (Å²) in [6.45, 7) is 0.260. The van der Waals surface area contributed by atoms with E-state index in [1.165, 1.54) is 6.07 Å². The van der Waals surface area contributed by atoms with Gasteiger partial charge in [-0.05, 0) is 67.1 Å². The van der Waals surface area contributed by atoms with E-state index in [2.05, 4.69) is 10.3 Å². The van der Waals surface area contributed by atoms with E-state index in [4.69, 9.17) is 32.7 Å². The van der Waals surface area contributed by atoms with E-state index in [1.807, 2.05) is 6.07 Å². The zero-order valence-electron chi connectivity index (χ0n) is 19.1. The Kier molecular flexibility index (Phi) is 8.07. The largest absolute Gasteiger partial charge is 1.00 e. The first-order valence-corrected chi connectivity index (χ1v) is 11.5. The second kappa shape index (κ2) is 11.1. The van der Waals surface area contributed by atoms with Gasteiger partial charge in [-0.25, -0.2) is 4.98 Å². The molecule has 1 atom stereocenters. The van der Waals surface area contributed by atoms with Crippen molar-refractivity contribution in [3.05, 3.63) is 87.9 Å². The van der Waals surface area contributed by atoms with Gasteiger partial charge in [-0.2, -0.15) is 0 Å². The zero-order valence-corrected chi connectivity index (χ0v) is 22.6. The molecule has 1 amide bonds. The van der Waals surface area contributed by atoms with Crippen LogP contribution in [0.2, 0.25) is 10.0 Å². The molecule has 176 valence electrons. The van der Waals surface area contributed by atoms with E-state index < -0.39 is 11.9 Å². The van der Waals surface area contributed by atoms with Crippen LogP contribution < -0.4 is 49.5 Å². The molecule has 10 heteroatoms. The van der Waals surface area contributed by atoms with E-state index in [0.717, 1.165) is 5.39 Å². The Morgan fingerprint density at radius 2 is 1.81 bits per heavy atom. The second-order valence-corrected chi connectivity index (χ2v) is 8.79. The van der Waals surface area contributed by atoms with Crippen molar-refractivity contribution >= 4 is 51.8 Å². The Balaban J connectivity index is 0.00000304. The number of benzene rings is 3. The number of pyridine rings is 1. The maximum Gasteiger partial charge on any atom is 1.00 e. The van der Waals surface area contributed by atoms with Crippen LogP contribution in [0.3, 0.4) is 0 Å². The van der Waals surface area contributed by atoms with Crippen molar-refractivity contribution in [3.63, 3.8) is 0 Å². The predicted octanol–water partition coefficient (Wildman–Crippen LogP) is 2.21. The first-order valence-electron chi connectivity index (χ1n) is 10.7. The number of nitrogens with one attached hydrogen (secondary N) is 1. The fourth-order valence-electron chi connectivity index (χ4n) is 3.87. The number of carboxylic acids is 1. The fraction of sp³-hybridized carbons (Fsp3) is 0.115. The van der Waals surface area contributed by atoms with Crippen LogP contribution in [0.1, 0.15) is 28.3 Å². The Labute approximate surface area is 238 Å². The zero-order chi connectivity index (χ0) is 24.5. The third kappa shape index (κ3) is 5.61. The number of rotatable bonds is 5. The Hall–Kier alpha value is -2.81. The minimum absolute atomic E-state index is 0. The van der Waals surface area contributed by atoms with Crippen molar-refractivity contribution in [1.29, 1.82) is 0 Å². The Morgan fingerprint density at radius 1 is 1.03 bits per heavy atom. The van der Waals surface area contributed by atoms with Crippen molar-refractivity contribution in [1.82, 2.24) is 4.98 Å². The molecule has 0 fully saturated rings. The quantitative estimate of drug-likeness (QED) is 0.397. The maximum absolute atomic E-state index is 12.7. The van der Waals surface area contributed by atoms with Crippen LogP contribution in [0.5, 0.6) is 17.2 Å². The molecule has 0 bridgehead atoms. The molecule has 1 aromatic heterocycles. The number of halogens is 2. The van der Waals surface area contributed by atoms with E-state index in [-0.39, 0.29) is 47.1 Å². The number of carbonyl (C=O) groups is 2. The minimum Gasteiger partial charge on any atom is -0.549 e. The molecular formula is C26H17Cl2N2NaO5. The Bertz CT molecular complexity index is 1460. The summed E-state index contributed by atoms with van der Waals surface area (Å²) in [4.78, 5) is 28.5. The summed E-state index contributed by atoms with van der Waals surface area (Å²) in [6.07, 6.45) is 0.318. The van der Waals surface area contributed by atoms with Crippen molar-refractivity contribution in [2.75, 3.05) is 11.9 Å². The average Bonchev–Trinajstić information content (AvgIpc) is 2.84. The van der Waals surface area contributed by atoms with Crippen molar-refractivity contribution in [3.8, 4) is 17.2 Å². The van der Waals surface area contributed by atoms with Crippen molar-refractivity contribution in [2.24, 2.45) is 0 Å². The summed E-state index contributed by atoms with van der Waals surface area (Å²) in [5.74, 6) is -0.717. The van der Waals surface area contributed by atoms with Crippen LogP contribution in [0.4, 0.5) is 5.82 Å². The van der Waals surface area contributed by atoms with Gasteiger partial charge in [0.1, 0.15) is 23.1 Å². The van der Waals surface area contributed by atoms with Crippen LogP contribution >= 0.6 is 23.2 Å². The normalized spacial score (nSPS) is 14.2. The number of anilines is 1. The molecule has 0 aliphatic carbocycles. The van der Waals surface area contributed by atoms with Crippen LogP contribution in [0.15, 0.2) is 66.7 Å². The number of hydrogen-bond donors (Lipinski definition) is 1. The first-order chi connectivity index (χ1) is 16.9. The number of fused-ring (bicyclic) bond motifs is 2. The van der Waals surface area contributed by atoms with Crippen molar-refractivity contribution < 1.29 is 53.7 Å². The van der Waals surface area contributed by atoms with Crippen molar-refractivity contribution in [2.45, 2.75) is 12.3 Å². The Morgan fingerprint density at radius 3 is 2.56 bits per heavy atom. The molecule has 1 unspecified atom stereocenters. The molecule has 0 spiro atoms. The molecule has 3 aromatic carbocycles. The van der Waals surface area contributed by atoms with Gasteiger partial charge in [0.15, 0.2) is 0 Å². The number of nitrogens with zero attached hydrogens (tertiary/aromatic N) is 1. The van der Waals surface area contributed by atoms with Gasteiger partial charge < -0.3 is 24.7 Å². The summed E-state index contributed by atoms with van der Waals surface area (Å²) in [7, 11) is 0. The van der Waals surface area contributed by atoms with Gasteiger partial charge in [-0.15, -0.1) is 0 Å². The molecular weight excluding hydrogens is 514 g/mol. The smallest absolute Gasteiger partial charge is 0.549 e. The summed E-state index contributed by atoms with van der Waals surface area (Å²) in [6, 6.07) is 18.4. The number of aliphatic carboxylic acids is 1. The molecule has 0 radical (unpaired) electrons. The second-order valence-electron chi connectivity index (χ2n) is 7.94. The molecule has 4 aromatic rings.